The molecule has 2 atom stereocenters. The van der Waals surface area contributed by atoms with Gasteiger partial charge in [-0.05, 0) is 26.3 Å². The van der Waals surface area contributed by atoms with E-state index >= 15 is 0 Å². The average molecular weight is 371 g/mol. The molecule has 2 aromatic rings. The fraction of sp³-hybridized carbons (Fsp3) is 0.529. The van der Waals surface area contributed by atoms with E-state index in [2.05, 4.69) is 38.6 Å². The number of halogens is 2. The van der Waals surface area contributed by atoms with Crippen molar-refractivity contribution in [3.05, 3.63) is 30.0 Å². The lowest BCUT2D eigenvalue weighted by atomic mass is 9.76. The molecule has 1 aromatic carbocycles. The van der Waals surface area contributed by atoms with Gasteiger partial charge in [-0.15, -0.1) is 29.9 Å². The Labute approximate surface area is 154 Å². The fourth-order valence-corrected chi connectivity index (χ4v) is 3.87. The Hall–Kier alpha value is -1.14. The summed E-state index contributed by atoms with van der Waals surface area (Å²) in [6, 6.07) is 8.31. The minimum absolute atomic E-state index is 0. The molecule has 0 spiro atoms. The first-order valence-corrected chi connectivity index (χ1v) is 8.07. The molecule has 2 aliphatic heterocycles. The maximum Gasteiger partial charge on any atom is 0.159 e. The van der Waals surface area contributed by atoms with Gasteiger partial charge >= 0.3 is 0 Å². The van der Waals surface area contributed by atoms with Crippen molar-refractivity contribution in [3.8, 4) is 0 Å². The van der Waals surface area contributed by atoms with Crippen molar-refractivity contribution in [2.24, 2.45) is 5.92 Å². The van der Waals surface area contributed by atoms with Crippen molar-refractivity contribution in [1.82, 2.24) is 15.5 Å². The molecular formula is C17H24Cl2N4O. The van der Waals surface area contributed by atoms with Gasteiger partial charge in [-0.3, -0.25) is 0 Å². The standard InChI is InChI=1S/C17H22N4O.2ClH/c1-12-14-4-2-3-5-15(14)16(20-19-12)21-9-7-17(22)6-8-18-10-13(17)11-21;;/h2-5,13,18,22H,6-11H2,1H3;2*1H/t13-,17-;;/m0../s1. The summed E-state index contributed by atoms with van der Waals surface area (Å²) < 4.78 is 0. The number of hydrogen-bond donors (Lipinski definition) is 2. The molecule has 5 nitrogen and oxygen atoms in total. The van der Waals surface area contributed by atoms with Crippen LogP contribution < -0.4 is 10.2 Å². The van der Waals surface area contributed by atoms with E-state index in [-0.39, 0.29) is 30.7 Å². The van der Waals surface area contributed by atoms with Gasteiger partial charge in [-0.2, -0.15) is 5.10 Å². The molecule has 132 valence electrons. The number of aliphatic hydroxyl groups is 1. The number of anilines is 1. The summed E-state index contributed by atoms with van der Waals surface area (Å²) in [7, 11) is 0. The molecule has 24 heavy (non-hydrogen) atoms. The number of nitrogens with one attached hydrogen (secondary N) is 1. The van der Waals surface area contributed by atoms with Crippen LogP contribution in [0.4, 0.5) is 5.82 Å². The molecular weight excluding hydrogens is 347 g/mol. The lowest BCUT2D eigenvalue weighted by Gasteiger charge is -2.47. The highest BCUT2D eigenvalue weighted by Gasteiger charge is 2.43. The van der Waals surface area contributed by atoms with Gasteiger partial charge in [-0.25, -0.2) is 0 Å². The Morgan fingerprint density at radius 2 is 1.92 bits per heavy atom. The Morgan fingerprint density at radius 1 is 1.17 bits per heavy atom. The normalized spacial score (nSPS) is 26.2. The van der Waals surface area contributed by atoms with E-state index in [0.717, 1.165) is 61.3 Å². The first-order chi connectivity index (χ1) is 10.7. The topological polar surface area (TPSA) is 61.3 Å². The smallest absolute Gasteiger partial charge is 0.159 e. The van der Waals surface area contributed by atoms with E-state index in [1.54, 1.807) is 0 Å². The first-order valence-electron chi connectivity index (χ1n) is 8.07. The third-order valence-electron chi connectivity index (χ3n) is 5.29. The number of fused-ring (bicyclic) bond motifs is 2. The highest BCUT2D eigenvalue weighted by Crippen LogP contribution is 2.36. The minimum atomic E-state index is -0.504. The van der Waals surface area contributed by atoms with Gasteiger partial charge in [0.1, 0.15) is 0 Å². The molecule has 0 unspecified atom stereocenters. The van der Waals surface area contributed by atoms with Gasteiger partial charge in [-0.1, -0.05) is 24.3 Å². The van der Waals surface area contributed by atoms with Crippen LogP contribution in [0.15, 0.2) is 24.3 Å². The van der Waals surface area contributed by atoms with Crippen molar-refractivity contribution in [3.63, 3.8) is 0 Å². The van der Waals surface area contributed by atoms with E-state index in [0.29, 0.717) is 0 Å². The predicted molar refractivity (Wildman–Crippen MR) is 102 cm³/mol. The van der Waals surface area contributed by atoms with Crippen LogP contribution in [0.5, 0.6) is 0 Å². The number of aromatic nitrogens is 2. The molecule has 1 aromatic heterocycles. The summed E-state index contributed by atoms with van der Waals surface area (Å²) in [5.74, 6) is 1.21. The van der Waals surface area contributed by atoms with Gasteiger partial charge in [0.15, 0.2) is 5.82 Å². The van der Waals surface area contributed by atoms with Gasteiger partial charge in [0.2, 0.25) is 0 Å². The fourth-order valence-electron chi connectivity index (χ4n) is 3.87. The Balaban J connectivity index is 0.00000104. The van der Waals surface area contributed by atoms with Crippen LogP contribution in [0, 0.1) is 12.8 Å². The summed E-state index contributed by atoms with van der Waals surface area (Å²) in [5.41, 5.74) is 0.461. The van der Waals surface area contributed by atoms with Crippen LogP contribution in [0.2, 0.25) is 0 Å². The van der Waals surface area contributed by atoms with E-state index < -0.39 is 5.60 Å². The zero-order valence-corrected chi connectivity index (χ0v) is 15.4. The Morgan fingerprint density at radius 3 is 2.71 bits per heavy atom. The quantitative estimate of drug-likeness (QED) is 0.806. The Kier molecular flexibility index (Phi) is 5.91. The van der Waals surface area contributed by atoms with Crippen molar-refractivity contribution in [2.45, 2.75) is 25.4 Å². The van der Waals surface area contributed by atoms with Crippen LogP contribution in [0.3, 0.4) is 0 Å². The minimum Gasteiger partial charge on any atom is -0.389 e. The second-order valence-electron chi connectivity index (χ2n) is 6.61. The van der Waals surface area contributed by atoms with Crippen LogP contribution in [-0.4, -0.2) is 47.1 Å². The molecule has 3 heterocycles. The summed E-state index contributed by atoms with van der Waals surface area (Å²) in [4.78, 5) is 2.29. The van der Waals surface area contributed by atoms with Crippen molar-refractivity contribution in [1.29, 1.82) is 0 Å². The lowest BCUT2D eigenvalue weighted by molar-refractivity contribution is -0.0539. The molecule has 0 radical (unpaired) electrons. The Bertz CT molecular complexity index is 714. The summed E-state index contributed by atoms with van der Waals surface area (Å²) in [6.07, 6.45) is 1.66. The van der Waals surface area contributed by atoms with Crippen molar-refractivity contribution in [2.75, 3.05) is 31.1 Å². The van der Waals surface area contributed by atoms with Crippen LogP contribution in [0.1, 0.15) is 18.5 Å². The zero-order valence-electron chi connectivity index (χ0n) is 13.7. The van der Waals surface area contributed by atoms with Gasteiger partial charge < -0.3 is 15.3 Å². The highest BCUT2D eigenvalue weighted by atomic mass is 35.5. The molecule has 2 fully saturated rings. The summed E-state index contributed by atoms with van der Waals surface area (Å²) in [5, 5.41) is 25.3. The summed E-state index contributed by atoms with van der Waals surface area (Å²) in [6.45, 7) is 5.48. The molecule has 0 aliphatic carbocycles. The molecule has 0 bridgehead atoms. The average Bonchev–Trinajstić information content (AvgIpc) is 2.55. The molecule has 4 rings (SSSR count). The number of hydrogen-bond acceptors (Lipinski definition) is 5. The largest absolute Gasteiger partial charge is 0.389 e. The van der Waals surface area contributed by atoms with Crippen molar-refractivity contribution < 1.29 is 5.11 Å². The number of rotatable bonds is 1. The molecule has 0 amide bonds. The van der Waals surface area contributed by atoms with Crippen molar-refractivity contribution >= 4 is 41.4 Å². The van der Waals surface area contributed by atoms with Crippen LogP contribution in [0.25, 0.3) is 10.8 Å². The van der Waals surface area contributed by atoms with E-state index in [1.807, 2.05) is 13.0 Å². The maximum absolute atomic E-state index is 10.8. The molecule has 2 N–H and O–H groups in total. The van der Waals surface area contributed by atoms with Gasteiger partial charge in [0, 0.05) is 36.3 Å². The number of benzene rings is 1. The predicted octanol–water partition coefficient (Wildman–Crippen LogP) is 2.33. The first kappa shape index (κ1) is 19.2. The third-order valence-corrected chi connectivity index (χ3v) is 5.29. The third kappa shape index (κ3) is 3.18. The monoisotopic (exact) mass is 370 g/mol. The molecule has 2 saturated heterocycles. The summed E-state index contributed by atoms with van der Waals surface area (Å²) >= 11 is 0. The second kappa shape index (κ2) is 7.40. The SMILES string of the molecule is Cc1nnc(N2CC[C@@]3(O)CCNC[C@H]3C2)c2ccccc12.Cl.Cl. The highest BCUT2D eigenvalue weighted by molar-refractivity contribution is 5.93. The second-order valence-corrected chi connectivity index (χ2v) is 6.61. The van der Waals surface area contributed by atoms with E-state index in [1.165, 1.54) is 0 Å². The molecule has 2 aliphatic rings. The van der Waals surface area contributed by atoms with Crippen LogP contribution in [-0.2, 0) is 0 Å². The van der Waals surface area contributed by atoms with Crippen LogP contribution >= 0.6 is 24.8 Å². The van der Waals surface area contributed by atoms with E-state index in [4.69, 9.17) is 0 Å². The van der Waals surface area contributed by atoms with E-state index in [9.17, 15) is 5.11 Å². The number of piperidine rings is 2. The zero-order chi connectivity index (χ0) is 15.2. The molecule has 7 heteroatoms. The molecule has 0 saturated carbocycles. The maximum atomic E-state index is 10.8. The number of aryl methyl sites for hydroxylation is 1. The number of nitrogens with zero attached hydrogens (tertiary/aromatic N) is 3. The van der Waals surface area contributed by atoms with Gasteiger partial charge in [0.25, 0.3) is 0 Å². The van der Waals surface area contributed by atoms with Gasteiger partial charge in [0.05, 0.1) is 11.3 Å². The lowest BCUT2D eigenvalue weighted by Crippen LogP contribution is -2.59.